The van der Waals surface area contributed by atoms with Crippen molar-refractivity contribution in [2.45, 2.75) is 6.54 Å². The van der Waals surface area contributed by atoms with Crippen LogP contribution in [0, 0.1) is 11.6 Å². The zero-order valence-electron chi connectivity index (χ0n) is 7.59. The number of hydrogen-bond acceptors (Lipinski definition) is 2. The molecule has 0 atom stereocenters. The lowest BCUT2D eigenvalue weighted by Gasteiger charge is -2.03. The maximum Gasteiger partial charge on any atom is 0.309 e. The molecule has 0 saturated carbocycles. The Morgan fingerprint density at radius 2 is 2.00 bits per heavy atom. The number of halogens is 2. The van der Waals surface area contributed by atoms with E-state index in [-0.39, 0.29) is 12.1 Å². The predicted molar refractivity (Wildman–Crippen MR) is 47.4 cm³/mol. The lowest BCUT2D eigenvalue weighted by atomic mass is 10.2. The number of amides is 2. The number of carbonyl (C=O) groups excluding carboxylic acids is 2. The molecule has 0 heterocycles. The van der Waals surface area contributed by atoms with E-state index in [1.165, 1.54) is 6.07 Å². The molecule has 1 aromatic rings. The molecule has 0 bridgehead atoms. The Kier molecular flexibility index (Phi) is 3.33. The Morgan fingerprint density at radius 3 is 2.53 bits per heavy atom. The van der Waals surface area contributed by atoms with Crippen LogP contribution in [0.4, 0.5) is 8.78 Å². The van der Waals surface area contributed by atoms with Gasteiger partial charge < -0.3 is 11.1 Å². The molecular weight excluding hydrogens is 206 g/mol. The van der Waals surface area contributed by atoms with Crippen LogP contribution in [-0.4, -0.2) is 11.8 Å². The molecule has 3 N–H and O–H groups in total. The van der Waals surface area contributed by atoms with Crippen LogP contribution < -0.4 is 11.1 Å². The fraction of sp³-hybridized carbons (Fsp3) is 0.111. The lowest BCUT2D eigenvalue weighted by Crippen LogP contribution is -2.35. The van der Waals surface area contributed by atoms with Gasteiger partial charge in [0, 0.05) is 18.2 Å². The van der Waals surface area contributed by atoms with Crippen LogP contribution >= 0.6 is 0 Å². The molecule has 0 spiro atoms. The van der Waals surface area contributed by atoms with Crippen molar-refractivity contribution < 1.29 is 18.4 Å². The molecule has 0 aromatic heterocycles. The maximum absolute atomic E-state index is 13.0. The minimum atomic E-state index is -1.16. The second-order valence-corrected chi connectivity index (χ2v) is 2.78. The topological polar surface area (TPSA) is 72.2 Å². The van der Waals surface area contributed by atoms with E-state index in [9.17, 15) is 18.4 Å². The van der Waals surface area contributed by atoms with Gasteiger partial charge in [0.15, 0.2) is 0 Å². The highest BCUT2D eigenvalue weighted by Crippen LogP contribution is 2.08. The molecule has 0 aliphatic rings. The third kappa shape index (κ3) is 3.01. The summed E-state index contributed by atoms with van der Waals surface area (Å²) in [5, 5.41) is 2.08. The van der Waals surface area contributed by atoms with Gasteiger partial charge in [-0.15, -0.1) is 0 Å². The molecule has 2 amide bonds. The first-order valence-electron chi connectivity index (χ1n) is 4.02. The lowest BCUT2D eigenvalue weighted by molar-refractivity contribution is -0.137. The summed E-state index contributed by atoms with van der Waals surface area (Å²) in [7, 11) is 0. The normalized spacial score (nSPS) is 9.73. The molecule has 0 aliphatic carbocycles. The summed E-state index contributed by atoms with van der Waals surface area (Å²) in [6.45, 7) is -0.214. The number of primary amides is 1. The zero-order chi connectivity index (χ0) is 11.4. The van der Waals surface area contributed by atoms with Crippen molar-refractivity contribution in [2.75, 3.05) is 0 Å². The smallest absolute Gasteiger partial charge is 0.309 e. The second kappa shape index (κ2) is 4.50. The van der Waals surface area contributed by atoms with Gasteiger partial charge in [0.1, 0.15) is 11.6 Å². The number of carbonyl (C=O) groups is 2. The van der Waals surface area contributed by atoms with Crippen LogP contribution in [0.2, 0.25) is 0 Å². The number of nitrogens with one attached hydrogen (secondary N) is 1. The number of nitrogens with two attached hydrogens (primary N) is 1. The molecule has 4 nitrogen and oxygen atoms in total. The summed E-state index contributed by atoms with van der Waals surface area (Å²) in [4.78, 5) is 21.0. The van der Waals surface area contributed by atoms with Gasteiger partial charge in [0.25, 0.3) is 0 Å². The predicted octanol–water partition coefficient (Wildman–Crippen LogP) is 0.0663. The van der Waals surface area contributed by atoms with Gasteiger partial charge in [-0.25, -0.2) is 8.78 Å². The van der Waals surface area contributed by atoms with Gasteiger partial charge >= 0.3 is 11.8 Å². The highest BCUT2D eigenvalue weighted by Gasteiger charge is 2.09. The van der Waals surface area contributed by atoms with Gasteiger partial charge in [-0.2, -0.15) is 0 Å². The van der Waals surface area contributed by atoms with Crippen molar-refractivity contribution in [1.29, 1.82) is 0 Å². The standard InChI is InChI=1S/C9H8F2N2O2/c10-6-2-1-5(7(11)3-6)4-13-9(15)8(12)14/h1-3H,4H2,(H2,12,14)(H,13,15). The molecule has 1 aromatic carbocycles. The Balaban J connectivity index is 2.66. The van der Waals surface area contributed by atoms with Crippen LogP contribution in [0.3, 0.4) is 0 Å². The van der Waals surface area contributed by atoms with Crippen LogP contribution in [-0.2, 0) is 16.1 Å². The van der Waals surface area contributed by atoms with Gasteiger partial charge in [-0.3, -0.25) is 9.59 Å². The van der Waals surface area contributed by atoms with Crippen molar-refractivity contribution >= 4 is 11.8 Å². The highest BCUT2D eigenvalue weighted by atomic mass is 19.1. The fourth-order valence-corrected chi connectivity index (χ4v) is 0.928. The largest absolute Gasteiger partial charge is 0.361 e. The molecule has 80 valence electrons. The van der Waals surface area contributed by atoms with Gasteiger partial charge in [0.05, 0.1) is 0 Å². The van der Waals surface area contributed by atoms with Crippen molar-refractivity contribution in [3.63, 3.8) is 0 Å². The average Bonchev–Trinajstić information content (AvgIpc) is 2.15. The van der Waals surface area contributed by atoms with Crippen molar-refractivity contribution in [3.8, 4) is 0 Å². The molecule has 0 unspecified atom stereocenters. The van der Waals surface area contributed by atoms with E-state index in [1.54, 1.807) is 0 Å². The van der Waals surface area contributed by atoms with E-state index >= 15 is 0 Å². The Bertz CT molecular complexity index is 407. The van der Waals surface area contributed by atoms with Crippen LogP contribution in [0.15, 0.2) is 18.2 Å². The van der Waals surface area contributed by atoms with E-state index in [2.05, 4.69) is 11.1 Å². The summed E-state index contributed by atoms with van der Waals surface area (Å²) in [6, 6.07) is 2.91. The molecule has 0 fully saturated rings. The van der Waals surface area contributed by atoms with E-state index in [4.69, 9.17) is 0 Å². The Labute approximate surface area is 84.1 Å². The van der Waals surface area contributed by atoms with Crippen LogP contribution in [0.25, 0.3) is 0 Å². The van der Waals surface area contributed by atoms with E-state index in [0.29, 0.717) is 6.07 Å². The molecule has 6 heteroatoms. The minimum absolute atomic E-state index is 0.0750. The van der Waals surface area contributed by atoms with Crippen LogP contribution in [0.5, 0.6) is 0 Å². The highest BCUT2D eigenvalue weighted by molar-refractivity contribution is 6.34. The van der Waals surface area contributed by atoms with E-state index in [1.807, 2.05) is 0 Å². The third-order valence-corrected chi connectivity index (χ3v) is 1.68. The quantitative estimate of drug-likeness (QED) is 0.683. The van der Waals surface area contributed by atoms with Crippen molar-refractivity contribution in [2.24, 2.45) is 5.73 Å². The average molecular weight is 214 g/mol. The van der Waals surface area contributed by atoms with Crippen LogP contribution in [0.1, 0.15) is 5.56 Å². The maximum atomic E-state index is 13.0. The van der Waals surface area contributed by atoms with Crippen molar-refractivity contribution in [3.05, 3.63) is 35.4 Å². The summed E-state index contributed by atoms with van der Waals surface area (Å²) >= 11 is 0. The van der Waals surface area contributed by atoms with Crippen molar-refractivity contribution in [1.82, 2.24) is 5.32 Å². The molecule has 15 heavy (non-hydrogen) atoms. The van der Waals surface area contributed by atoms with E-state index in [0.717, 1.165) is 6.07 Å². The first kappa shape index (κ1) is 11.1. The zero-order valence-corrected chi connectivity index (χ0v) is 7.59. The summed E-state index contributed by atoms with van der Waals surface area (Å²) in [6.07, 6.45) is 0. The van der Waals surface area contributed by atoms with Gasteiger partial charge in [-0.05, 0) is 6.07 Å². The molecule has 0 saturated heterocycles. The molecule has 0 aliphatic heterocycles. The molecule has 1 rings (SSSR count). The van der Waals surface area contributed by atoms with Gasteiger partial charge in [0.2, 0.25) is 0 Å². The van der Waals surface area contributed by atoms with Gasteiger partial charge in [-0.1, -0.05) is 6.07 Å². The first-order valence-corrected chi connectivity index (χ1v) is 4.02. The summed E-state index contributed by atoms with van der Waals surface area (Å²) in [5.41, 5.74) is 4.73. The fourth-order valence-electron chi connectivity index (χ4n) is 0.928. The second-order valence-electron chi connectivity index (χ2n) is 2.78. The minimum Gasteiger partial charge on any atom is -0.361 e. The Morgan fingerprint density at radius 1 is 1.33 bits per heavy atom. The number of benzene rings is 1. The Hall–Kier alpha value is -1.98. The monoisotopic (exact) mass is 214 g/mol. The number of hydrogen-bond donors (Lipinski definition) is 2. The van der Waals surface area contributed by atoms with E-state index < -0.39 is 23.4 Å². The molecular formula is C9H8F2N2O2. The number of rotatable bonds is 2. The summed E-state index contributed by atoms with van der Waals surface area (Å²) < 4.78 is 25.5. The molecule has 0 radical (unpaired) electrons. The summed E-state index contributed by atoms with van der Waals surface area (Å²) in [5.74, 6) is -3.67. The first-order chi connectivity index (χ1) is 7.00. The SMILES string of the molecule is NC(=O)C(=O)NCc1ccc(F)cc1F. The third-order valence-electron chi connectivity index (χ3n) is 1.68.